The number of rotatable bonds is 7. The van der Waals surface area contributed by atoms with Gasteiger partial charge in [0.25, 0.3) is 11.1 Å². The number of ether oxygens (including phenoxy) is 1. The minimum absolute atomic E-state index is 0.138. The minimum Gasteiger partial charge on any atom is -0.484 e. The van der Waals surface area contributed by atoms with Crippen LogP contribution in [0.5, 0.6) is 5.75 Å². The van der Waals surface area contributed by atoms with Crippen molar-refractivity contribution in [3.63, 3.8) is 0 Å². The molecule has 0 aliphatic heterocycles. The maximum atomic E-state index is 12.2. The second-order valence-corrected chi connectivity index (χ2v) is 7.34. The Hall–Kier alpha value is -3.32. The highest BCUT2D eigenvalue weighted by Crippen LogP contribution is 2.21. The first-order valence-electron chi connectivity index (χ1n) is 9.10. The molecule has 1 heterocycles. The van der Waals surface area contributed by atoms with Gasteiger partial charge in [-0.2, -0.15) is 0 Å². The molecule has 0 fully saturated rings. The molecule has 0 bridgehead atoms. The second-order valence-electron chi connectivity index (χ2n) is 6.41. The molecule has 0 radical (unpaired) electrons. The molecule has 0 saturated heterocycles. The first-order chi connectivity index (χ1) is 14.2. The molecule has 7 heteroatoms. The van der Waals surface area contributed by atoms with Crippen LogP contribution in [-0.4, -0.2) is 21.9 Å². The number of fused-ring (bicyclic) bond motifs is 1. The number of para-hydroxylation sites is 1. The maximum absolute atomic E-state index is 12.2. The van der Waals surface area contributed by atoms with E-state index in [9.17, 15) is 4.79 Å². The minimum atomic E-state index is -0.138. The van der Waals surface area contributed by atoms with Gasteiger partial charge in [-0.3, -0.25) is 4.79 Å². The van der Waals surface area contributed by atoms with Gasteiger partial charge in [0.15, 0.2) is 6.61 Å². The van der Waals surface area contributed by atoms with Crippen molar-refractivity contribution in [1.82, 2.24) is 10.2 Å². The van der Waals surface area contributed by atoms with E-state index in [-0.39, 0.29) is 18.3 Å². The molecule has 1 aromatic heterocycles. The number of thioether (sulfide) groups is 1. The van der Waals surface area contributed by atoms with Gasteiger partial charge in [-0.25, -0.2) is 0 Å². The van der Waals surface area contributed by atoms with E-state index < -0.39 is 0 Å². The maximum Gasteiger partial charge on any atom is 0.277 e. The quantitative estimate of drug-likeness (QED) is 0.443. The van der Waals surface area contributed by atoms with E-state index in [1.807, 2.05) is 73.7 Å². The average Bonchev–Trinajstić information content (AvgIpc) is 3.19. The van der Waals surface area contributed by atoms with E-state index in [2.05, 4.69) is 15.5 Å². The summed E-state index contributed by atoms with van der Waals surface area (Å²) in [5.41, 5.74) is 1.79. The molecule has 29 heavy (non-hydrogen) atoms. The van der Waals surface area contributed by atoms with Crippen molar-refractivity contribution < 1.29 is 13.9 Å². The zero-order valence-electron chi connectivity index (χ0n) is 15.8. The van der Waals surface area contributed by atoms with E-state index in [4.69, 9.17) is 9.15 Å². The Labute approximate surface area is 172 Å². The summed E-state index contributed by atoms with van der Waals surface area (Å²) in [7, 11) is 0. The van der Waals surface area contributed by atoms with Crippen LogP contribution >= 0.6 is 11.8 Å². The number of hydrogen-bond acceptors (Lipinski definition) is 6. The fourth-order valence-electron chi connectivity index (χ4n) is 2.80. The number of carbonyl (C=O) groups is 1. The topological polar surface area (TPSA) is 77.2 Å². The molecule has 0 aliphatic carbocycles. The van der Waals surface area contributed by atoms with Crippen LogP contribution in [0, 0.1) is 6.92 Å². The molecule has 146 valence electrons. The molecule has 6 nitrogen and oxygen atoms in total. The molecule has 0 saturated carbocycles. The zero-order chi connectivity index (χ0) is 20.1. The summed E-state index contributed by atoms with van der Waals surface area (Å²) in [6.07, 6.45) is 0. The molecule has 0 aliphatic rings. The third-order valence-corrected chi connectivity index (χ3v) is 5.07. The van der Waals surface area contributed by atoms with Crippen molar-refractivity contribution >= 4 is 34.1 Å². The molecular weight excluding hydrogens is 386 g/mol. The molecule has 4 aromatic rings. The van der Waals surface area contributed by atoms with Gasteiger partial charge in [0.2, 0.25) is 5.91 Å². The Bertz CT molecular complexity index is 1140. The van der Waals surface area contributed by atoms with Crippen molar-refractivity contribution in [2.24, 2.45) is 0 Å². The van der Waals surface area contributed by atoms with Gasteiger partial charge in [0, 0.05) is 5.69 Å². The van der Waals surface area contributed by atoms with Crippen LogP contribution in [0.15, 0.2) is 76.4 Å². The predicted molar refractivity (Wildman–Crippen MR) is 113 cm³/mol. The van der Waals surface area contributed by atoms with Crippen molar-refractivity contribution in [1.29, 1.82) is 0 Å². The molecule has 4 rings (SSSR count). The predicted octanol–water partition coefficient (Wildman–Crippen LogP) is 4.84. The van der Waals surface area contributed by atoms with Crippen LogP contribution in [0.3, 0.4) is 0 Å². The van der Waals surface area contributed by atoms with Crippen molar-refractivity contribution in [2.45, 2.75) is 18.8 Å². The van der Waals surface area contributed by atoms with Gasteiger partial charge in [-0.1, -0.05) is 60.3 Å². The van der Waals surface area contributed by atoms with Crippen LogP contribution in [-0.2, 0) is 11.4 Å². The SMILES string of the molecule is Cc1ccccc1OCc1nnc(SCC(=O)Nc2ccc3ccccc3c2)o1. The summed E-state index contributed by atoms with van der Waals surface area (Å²) < 4.78 is 11.2. The standard InChI is InChI=1S/C22H19N3O3S/c1-15-6-2-5-9-19(15)27-13-21-24-25-22(28-21)29-14-20(26)23-18-11-10-16-7-3-4-8-17(16)12-18/h2-12H,13-14H2,1H3,(H,23,26). The third-order valence-electron chi connectivity index (χ3n) is 4.25. The van der Waals surface area contributed by atoms with Crippen LogP contribution < -0.4 is 10.1 Å². The average molecular weight is 405 g/mol. The Morgan fingerprint density at radius 3 is 2.69 bits per heavy atom. The van der Waals surface area contributed by atoms with Gasteiger partial charge in [-0.05, 0) is 41.5 Å². The summed E-state index contributed by atoms with van der Waals surface area (Å²) in [5, 5.41) is 13.4. The van der Waals surface area contributed by atoms with Gasteiger partial charge in [-0.15, -0.1) is 10.2 Å². The number of hydrogen-bond donors (Lipinski definition) is 1. The Kier molecular flexibility index (Phi) is 5.76. The van der Waals surface area contributed by atoms with Crippen molar-refractivity contribution in [3.8, 4) is 5.75 Å². The number of nitrogens with one attached hydrogen (secondary N) is 1. The normalized spacial score (nSPS) is 10.8. The zero-order valence-corrected chi connectivity index (χ0v) is 16.6. The van der Waals surface area contributed by atoms with E-state index in [1.165, 1.54) is 11.8 Å². The number of anilines is 1. The highest BCUT2D eigenvalue weighted by atomic mass is 32.2. The van der Waals surface area contributed by atoms with Crippen LogP contribution in [0.4, 0.5) is 5.69 Å². The largest absolute Gasteiger partial charge is 0.484 e. The summed E-state index contributed by atoms with van der Waals surface area (Å²) in [6, 6.07) is 21.5. The molecule has 1 amide bonds. The van der Waals surface area contributed by atoms with Gasteiger partial charge < -0.3 is 14.5 Å². The highest BCUT2D eigenvalue weighted by molar-refractivity contribution is 7.99. The summed E-state index contributed by atoms with van der Waals surface area (Å²) in [6.45, 7) is 2.15. The van der Waals surface area contributed by atoms with E-state index in [0.29, 0.717) is 11.1 Å². The Morgan fingerprint density at radius 1 is 1.03 bits per heavy atom. The van der Waals surface area contributed by atoms with Crippen LogP contribution in [0.2, 0.25) is 0 Å². The molecule has 0 unspecified atom stereocenters. The first-order valence-corrected chi connectivity index (χ1v) is 10.1. The summed E-state index contributed by atoms with van der Waals surface area (Å²) in [5.74, 6) is 1.18. The molecular formula is C22H19N3O3S. The third kappa shape index (κ3) is 4.94. The number of nitrogens with zero attached hydrogens (tertiary/aromatic N) is 2. The number of benzene rings is 3. The first kappa shape index (κ1) is 19.0. The van der Waals surface area contributed by atoms with Gasteiger partial charge >= 0.3 is 0 Å². The van der Waals surface area contributed by atoms with E-state index in [1.54, 1.807) is 0 Å². The number of aromatic nitrogens is 2. The summed E-state index contributed by atoms with van der Waals surface area (Å²) >= 11 is 1.19. The lowest BCUT2D eigenvalue weighted by Crippen LogP contribution is -2.13. The van der Waals surface area contributed by atoms with Crippen molar-refractivity contribution in [3.05, 3.63) is 78.2 Å². The highest BCUT2D eigenvalue weighted by Gasteiger charge is 2.11. The second kappa shape index (κ2) is 8.79. The molecule has 3 aromatic carbocycles. The lowest BCUT2D eigenvalue weighted by Gasteiger charge is -2.06. The van der Waals surface area contributed by atoms with Crippen LogP contribution in [0.25, 0.3) is 10.8 Å². The molecule has 1 N–H and O–H groups in total. The monoisotopic (exact) mass is 405 g/mol. The smallest absolute Gasteiger partial charge is 0.277 e. The molecule has 0 atom stereocenters. The van der Waals surface area contributed by atoms with Gasteiger partial charge in [0.05, 0.1) is 5.75 Å². The van der Waals surface area contributed by atoms with Crippen molar-refractivity contribution in [2.75, 3.05) is 11.1 Å². The van der Waals surface area contributed by atoms with E-state index in [0.717, 1.165) is 27.8 Å². The van der Waals surface area contributed by atoms with E-state index >= 15 is 0 Å². The Balaban J connectivity index is 1.28. The lowest BCUT2D eigenvalue weighted by atomic mass is 10.1. The number of amides is 1. The summed E-state index contributed by atoms with van der Waals surface area (Å²) in [4.78, 5) is 12.2. The van der Waals surface area contributed by atoms with Gasteiger partial charge in [0.1, 0.15) is 5.75 Å². The number of carbonyl (C=O) groups excluding carboxylic acids is 1. The fraction of sp³-hybridized carbons (Fsp3) is 0.136. The van der Waals surface area contributed by atoms with Crippen LogP contribution in [0.1, 0.15) is 11.5 Å². The fourth-order valence-corrected chi connectivity index (χ4v) is 3.38. The lowest BCUT2D eigenvalue weighted by molar-refractivity contribution is -0.113. The Morgan fingerprint density at radius 2 is 1.83 bits per heavy atom. The number of aryl methyl sites for hydroxylation is 1. The molecule has 0 spiro atoms.